The number of methoxy groups -OCH3 is 1. The molecule has 10 heteroatoms. The van der Waals surface area contributed by atoms with Crippen LogP contribution in [0, 0.1) is 5.41 Å². The van der Waals surface area contributed by atoms with E-state index in [9.17, 15) is 18.0 Å². The third-order valence-corrected chi connectivity index (χ3v) is 8.27. The van der Waals surface area contributed by atoms with Crippen molar-refractivity contribution in [3.8, 4) is 0 Å². The third-order valence-electron chi connectivity index (χ3n) is 8.27. The first kappa shape index (κ1) is 24.9. The first-order chi connectivity index (χ1) is 16.7. The third kappa shape index (κ3) is 4.70. The summed E-state index contributed by atoms with van der Waals surface area (Å²) in [6, 6.07) is 1.41. The molecule has 4 heterocycles. The van der Waals surface area contributed by atoms with Gasteiger partial charge in [-0.05, 0) is 43.7 Å². The molecule has 4 aliphatic rings. The molecule has 1 amide bonds. The molecular formula is C25H34F3N3O4. The van der Waals surface area contributed by atoms with E-state index in [0.717, 1.165) is 31.5 Å². The molecule has 0 aromatic carbocycles. The Bertz CT molecular complexity index is 945. The molecule has 0 spiro atoms. The van der Waals surface area contributed by atoms with Crippen molar-refractivity contribution in [2.24, 2.45) is 5.41 Å². The molecule has 7 nitrogen and oxygen atoms in total. The Morgan fingerprint density at radius 2 is 2.20 bits per heavy atom. The van der Waals surface area contributed by atoms with Gasteiger partial charge in [-0.15, -0.1) is 0 Å². The fraction of sp³-hybridized carbons (Fsp3) is 0.760. The second-order valence-electron chi connectivity index (χ2n) is 10.4. The zero-order valence-corrected chi connectivity index (χ0v) is 20.3. The SMILES string of the molecule is CCC1C[C@@]2(C(=O)N3CCc4ncc(C(F)(F)F)cc4C3)C[C@H](NC3CCOCC3OC)C[C@H]2O1. The highest BCUT2D eigenvalue weighted by Crippen LogP contribution is 2.52. The van der Waals surface area contributed by atoms with E-state index in [1.165, 1.54) is 0 Å². The standard InChI is InChI=1S/C25H34F3N3O4/c1-3-18-11-24(10-17(9-22(24)35-18)30-20-5-7-34-14-21(20)33-2)23(32)31-6-4-19-15(13-31)8-16(12-29-19)25(26,27)28/h8,12,17-18,20-22,30H,3-7,9-11,13-14H2,1-2H3/t17-,18?,20?,21?,22-,24+/m1/s1. The van der Waals surface area contributed by atoms with E-state index < -0.39 is 17.2 Å². The average Bonchev–Trinajstić information content (AvgIpc) is 3.37. The van der Waals surface area contributed by atoms with Crippen LogP contribution in [-0.2, 0) is 38.1 Å². The molecule has 3 fully saturated rings. The van der Waals surface area contributed by atoms with E-state index in [4.69, 9.17) is 14.2 Å². The Morgan fingerprint density at radius 3 is 2.94 bits per heavy atom. The highest BCUT2D eigenvalue weighted by molar-refractivity contribution is 5.84. The Kier molecular flexibility index (Phi) is 6.84. The van der Waals surface area contributed by atoms with Crippen LogP contribution in [0.3, 0.4) is 0 Å². The number of carbonyl (C=O) groups is 1. The largest absolute Gasteiger partial charge is 0.417 e. The summed E-state index contributed by atoms with van der Waals surface area (Å²) in [5.41, 5.74) is -0.304. The van der Waals surface area contributed by atoms with Crippen molar-refractivity contribution >= 4 is 5.91 Å². The molecule has 6 atom stereocenters. The van der Waals surface area contributed by atoms with Gasteiger partial charge in [-0.3, -0.25) is 9.78 Å². The van der Waals surface area contributed by atoms with Crippen molar-refractivity contribution in [1.82, 2.24) is 15.2 Å². The second-order valence-corrected chi connectivity index (χ2v) is 10.4. The Morgan fingerprint density at radius 1 is 1.37 bits per heavy atom. The number of ether oxygens (including phenoxy) is 3. The number of nitrogens with one attached hydrogen (secondary N) is 1. The zero-order valence-electron chi connectivity index (χ0n) is 20.3. The quantitative estimate of drug-likeness (QED) is 0.674. The van der Waals surface area contributed by atoms with Gasteiger partial charge in [0.15, 0.2) is 0 Å². The first-order valence-corrected chi connectivity index (χ1v) is 12.6. The highest BCUT2D eigenvalue weighted by atomic mass is 19.4. The van der Waals surface area contributed by atoms with Gasteiger partial charge in [-0.1, -0.05) is 6.92 Å². The minimum Gasteiger partial charge on any atom is -0.379 e. The first-order valence-electron chi connectivity index (χ1n) is 12.6. The number of amides is 1. The van der Waals surface area contributed by atoms with Gasteiger partial charge in [-0.2, -0.15) is 13.2 Å². The van der Waals surface area contributed by atoms with Crippen LogP contribution in [0.5, 0.6) is 0 Å². The molecule has 0 radical (unpaired) electrons. The highest BCUT2D eigenvalue weighted by Gasteiger charge is 2.60. The van der Waals surface area contributed by atoms with Crippen LogP contribution in [-0.4, -0.2) is 73.1 Å². The number of aromatic nitrogens is 1. The maximum atomic E-state index is 14.0. The van der Waals surface area contributed by atoms with Crippen LogP contribution in [0.1, 0.15) is 55.8 Å². The zero-order chi connectivity index (χ0) is 24.8. The summed E-state index contributed by atoms with van der Waals surface area (Å²) < 4.78 is 57.2. The molecule has 2 saturated heterocycles. The summed E-state index contributed by atoms with van der Waals surface area (Å²) in [4.78, 5) is 19.8. The van der Waals surface area contributed by atoms with E-state index in [0.29, 0.717) is 50.3 Å². The number of fused-ring (bicyclic) bond motifs is 2. The van der Waals surface area contributed by atoms with Crippen LogP contribution in [0.2, 0.25) is 0 Å². The number of hydrogen-bond donors (Lipinski definition) is 1. The summed E-state index contributed by atoms with van der Waals surface area (Å²) in [7, 11) is 1.69. The van der Waals surface area contributed by atoms with Gasteiger partial charge in [0.2, 0.25) is 5.91 Å². The number of nitrogens with zero attached hydrogens (tertiary/aromatic N) is 2. The molecular weight excluding hydrogens is 463 g/mol. The van der Waals surface area contributed by atoms with E-state index in [1.807, 2.05) is 0 Å². The normalized spacial score (nSPS) is 35.1. The Balaban J connectivity index is 1.34. The monoisotopic (exact) mass is 497 g/mol. The molecule has 1 aliphatic carbocycles. The van der Waals surface area contributed by atoms with E-state index in [1.54, 1.807) is 12.0 Å². The van der Waals surface area contributed by atoms with Gasteiger partial charge in [0.05, 0.1) is 35.9 Å². The molecule has 194 valence electrons. The number of halogens is 3. The van der Waals surface area contributed by atoms with Gasteiger partial charge in [0.1, 0.15) is 0 Å². The lowest BCUT2D eigenvalue weighted by Crippen LogP contribution is -2.51. The summed E-state index contributed by atoms with van der Waals surface area (Å²) in [5, 5.41) is 3.71. The fourth-order valence-electron chi connectivity index (χ4n) is 6.41. The Labute approximate surface area is 203 Å². The van der Waals surface area contributed by atoms with Crippen molar-refractivity contribution in [2.45, 2.75) is 88.6 Å². The molecule has 1 aromatic heterocycles. The van der Waals surface area contributed by atoms with Crippen LogP contribution < -0.4 is 5.32 Å². The van der Waals surface area contributed by atoms with Crippen molar-refractivity contribution in [3.63, 3.8) is 0 Å². The summed E-state index contributed by atoms with van der Waals surface area (Å²) in [5.74, 6) is 0.00100. The maximum Gasteiger partial charge on any atom is 0.417 e. The molecule has 0 bridgehead atoms. The molecule has 35 heavy (non-hydrogen) atoms. The lowest BCUT2D eigenvalue weighted by molar-refractivity contribution is -0.145. The van der Waals surface area contributed by atoms with Crippen molar-refractivity contribution in [3.05, 3.63) is 29.1 Å². The van der Waals surface area contributed by atoms with E-state index in [2.05, 4.69) is 17.2 Å². The molecule has 1 saturated carbocycles. The molecule has 5 rings (SSSR count). The maximum absolute atomic E-state index is 14.0. The van der Waals surface area contributed by atoms with E-state index in [-0.39, 0.29) is 42.8 Å². The van der Waals surface area contributed by atoms with Crippen molar-refractivity contribution < 1.29 is 32.2 Å². The van der Waals surface area contributed by atoms with Crippen LogP contribution >= 0.6 is 0 Å². The summed E-state index contributed by atoms with van der Waals surface area (Å²) in [6.07, 6.45) is 0.398. The lowest BCUT2D eigenvalue weighted by Gasteiger charge is -2.37. The lowest BCUT2D eigenvalue weighted by atomic mass is 9.78. The Hall–Kier alpha value is -1.75. The van der Waals surface area contributed by atoms with Crippen LogP contribution in [0.25, 0.3) is 0 Å². The van der Waals surface area contributed by atoms with Gasteiger partial charge < -0.3 is 24.4 Å². The molecule has 3 unspecified atom stereocenters. The fourth-order valence-corrected chi connectivity index (χ4v) is 6.41. The summed E-state index contributed by atoms with van der Waals surface area (Å²) >= 11 is 0. The van der Waals surface area contributed by atoms with Gasteiger partial charge in [0, 0.05) is 57.2 Å². The number of hydrogen-bond acceptors (Lipinski definition) is 6. The minimum atomic E-state index is -4.46. The smallest absolute Gasteiger partial charge is 0.379 e. The second kappa shape index (κ2) is 9.61. The van der Waals surface area contributed by atoms with Crippen LogP contribution in [0.4, 0.5) is 13.2 Å². The van der Waals surface area contributed by atoms with Crippen molar-refractivity contribution in [1.29, 1.82) is 0 Å². The van der Waals surface area contributed by atoms with Crippen molar-refractivity contribution in [2.75, 3.05) is 26.9 Å². The molecule has 3 aliphatic heterocycles. The topological polar surface area (TPSA) is 72.9 Å². The summed E-state index contributed by atoms with van der Waals surface area (Å²) in [6.45, 7) is 3.89. The average molecular weight is 498 g/mol. The van der Waals surface area contributed by atoms with Gasteiger partial charge in [-0.25, -0.2) is 0 Å². The number of pyridine rings is 1. The number of alkyl halides is 3. The number of carbonyl (C=O) groups excluding carboxylic acids is 1. The molecule has 1 aromatic rings. The van der Waals surface area contributed by atoms with E-state index >= 15 is 0 Å². The molecule has 1 N–H and O–H groups in total. The van der Waals surface area contributed by atoms with Gasteiger partial charge >= 0.3 is 6.18 Å². The minimum absolute atomic E-state index is 0.00100. The van der Waals surface area contributed by atoms with Gasteiger partial charge in [0.25, 0.3) is 0 Å². The predicted octanol–water partition coefficient (Wildman–Crippen LogP) is 3.09. The predicted molar refractivity (Wildman–Crippen MR) is 121 cm³/mol. The van der Waals surface area contributed by atoms with Crippen LogP contribution in [0.15, 0.2) is 12.3 Å². The number of rotatable bonds is 5.